The number of hydrogen-bond acceptors (Lipinski definition) is 3. The van der Waals surface area contributed by atoms with Crippen molar-refractivity contribution < 1.29 is 14.7 Å². The minimum absolute atomic E-state index is 0.00986. The van der Waals surface area contributed by atoms with Gasteiger partial charge >= 0.3 is 6.09 Å². The van der Waals surface area contributed by atoms with Gasteiger partial charge in [0, 0.05) is 25.7 Å². The number of nitrogens with one attached hydrogen (secondary N) is 2. The zero-order chi connectivity index (χ0) is 22.8. The van der Waals surface area contributed by atoms with E-state index in [2.05, 4.69) is 60.6 Å². The Morgan fingerprint density at radius 2 is 1.77 bits per heavy atom. The molecule has 0 aromatic heterocycles. The third-order valence-electron chi connectivity index (χ3n) is 6.81. The predicted molar refractivity (Wildman–Crippen MR) is 123 cm³/mol. The molecule has 1 saturated carbocycles. The number of hydrogen-bond donors (Lipinski definition) is 3. The maximum atomic E-state index is 13.3. The van der Waals surface area contributed by atoms with Crippen molar-refractivity contribution >= 4 is 12.0 Å². The minimum Gasteiger partial charge on any atom is -0.465 e. The monoisotopic (exact) mass is 429 g/mol. The maximum absolute atomic E-state index is 13.3. The van der Waals surface area contributed by atoms with Gasteiger partial charge in [0.05, 0.1) is 0 Å². The van der Waals surface area contributed by atoms with Gasteiger partial charge in [-0.3, -0.25) is 9.69 Å². The van der Waals surface area contributed by atoms with Crippen LogP contribution in [0.3, 0.4) is 0 Å². The standard InChI is InChI=1S/C25H39N3O3/c1-24(2,3)16-25(4,5)21(27-23(30)31)22(29)26-20-12-11-18-14-28(15-19(18)20)13-17-9-7-6-8-10-17/h6-10,18-21,27H,11-16H2,1-5H3,(H,26,29)(H,30,31)/t18-,19+,20+,21-/m1/s1. The summed E-state index contributed by atoms with van der Waals surface area (Å²) in [5.41, 5.74) is 0.815. The molecule has 0 radical (unpaired) electrons. The number of likely N-dealkylation sites (tertiary alicyclic amines) is 1. The molecule has 1 aliphatic carbocycles. The molecule has 3 rings (SSSR count). The lowest BCUT2D eigenvalue weighted by Crippen LogP contribution is -2.57. The van der Waals surface area contributed by atoms with Crippen LogP contribution in [0, 0.1) is 22.7 Å². The molecule has 2 aliphatic rings. The number of amides is 2. The molecule has 1 heterocycles. The fraction of sp³-hybridized carbons (Fsp3) is 0.680. The smallest absolute Gasteiger partial charge is 0.405 e. The van der Waals surface area contributed by atoms with E-state index in [4.69, 9.17) is 0 Å². The van der Waals surface area contributed by atoms with Gasteiger partial charge in [-0.1, -0.05) is 65.0 Å². The van der Waals surface area contributed by atoms with E-state index < -0.39 is 17.6 Å². The van der Waals surface area contributed by atoms with Crippen molar-refractivity contribution in [3.8, 4) is 0 Å². The fourth-order valence-electron chi connectivity index (χ4n) is 5.98. The first-order valence-electron chi connectivity index (χ1n) is 11.5. The molecule has 0 spiro atoms. The van der Waals surface area contributed by atoms with Crippen LogP contribution in [0.5, 0.6) is 0 Å². The summed E-state index contributed by atoms with van der Waals surface area (Å²) in [6.07, 6.45) is 1.67. The lowest BCUT2D eigenvalue weighted by molar-refractivity contribution is -0.127. The number of carbonyl (C=O) groups excluding carboxylic acids is 1. The van der Waals surface area contributed by atoms with Crippen LogP contribution in [-0.4, -0.2) is 47.2 Å². The van der Waals surface area contributed by atoms with Crippen molar-refractivity contribution in [2.75, 3.05) is 13.1 Å². The molecule has 0 unspecified atom stereocenters. The Kier molecular flexibility index (Phi) is 6.99. The van der Waals surface area contributed by atoms with Gasteiger partial charge in [-0.25, -0.2) is 4.79 Å². The Bertz CT molecular complexity index is 772. The van der Waals surface area contributed by atoms with Crippen LogP contribution in [0.15, 0.2) is 30.3 Å². The van der Waals surface area contributed by atoms with E-state index in [9.17, 15) is 14.7 Å². The van der Waals surface area contributed by atoms with E-state index in [0.29, 0.717) is 11.8 Å². The summed E-state index contributed by atoms with van der Waals surface area (Å²) in [4.78, 5) is 27.2. The van der Waals surface area contributed by atoms with Crippen LogP contribution in [0.1, 0.15) is 59.4 Å². The van der Waals surface area contributed by atoms with E-state index in [1.165, 1.54) is 5.56 Å². The van der Waals surface area contributed by atoms with Crippen LogP contribution in [0.25, 0.3) is 0 Å². The van der Waals surface area contributed by atoms with E-state index in [0.717, 1.165) is 38.9 Å². The topological polar surface area (TPSA) is 81.7 Å². The van der Waals surface area contributed by atoms with Crippen LogP contribution < -0.4 is 10.6 Å². The summed E-state index contributed by atoms with van der Waals surface area (Å²) in [5, 5.41) is 15.1. The molecule has 1 aromatic carbocycles. The normalized spacial score (nSPS) is 25.1. The van der Waals surface area contributed by atoms with Gasteiger partial charge in [-0.05, 0) is 47.5 Å². The SMILES string of the molecule is CC(C)(C)CC(C)(C)[C@H](NC(=O)O)C(=O)N[C@H]1CC[C@@H]2CN(Cc3ccccc3)C[C@@H]21. The van der Waals surface area contributed by atoms with Crippen molar-refractivity contribution in [3.63, 3.8) is 0 Å². The summed E-state index contributed by atoms with van der Waals surface area (Å²) in [5.74, 6) is 0.843. The Morgan fingerprint density at radius 1 is 1.10 bits per heavy atom. The highest BCUT2D eigenvalue weighted by Gasteiger charge is 2.45. The van der Waals surface area contributed by atoms with Crippen molar-refractivity contribution in [1.29, 1.82) is 0 Å². The summed E-state index contributed by atoms with van der Waals surface area (Å²) in [6.45, 7) is 13.3. The molecule has 2 amide bonds. The largest absolute Gasteiger partial charge is 0.465 e. The Labute approximate surface area is 186 Å². The Hall–Kier alpha value is -2.08. The van der Waals surface area contributed by atoms with Gasteiger partial charge in [0.15, 0.2) is 0 Å². The number of carbonyl (C=O) groups is 2. The van der Waals surface area contributed by atoms with E-state index in [1.807, 2.05) is 19.9 Å². The van der Waals surface area contributed by atoms with Crippen LogP contribution in [0.4, 0.5) is 4.79 Å². The van der Waals surface area contributed by atoms with Crippen molar-refractivity contribution in [2.24, 2.45) is 22.7 Å². The molecular formula is C25H39N3O3. The molecule has 1 aromatic rings. The summed E-state index contributed by atoms with van der Waals surface area (Å²) in [6, 6.07) is 9.84. The first kappa shape index (κ1) is 23.6. The van der Waals surface area contributed by atoms with Gasteiger partial charge in [-0.2, -0.15) is 0 Å². The van der Waals surface area contributed by atoms with Crippen LogP contribution >= 0.6 is 0 Å². The second-order valence-corrected chi connectivity index (χ2v) is 11.4. The first-order valence-corrected chi connectivity index (χ1v) is 11.5. The predicted octanol–water partition coefficient (Wildman–Crippen LogP) is 4.11. The maximum Gasteiger partial charge on any atom is 0.405 e. The molecule has 3 N–H and O–H groups in total. The lowest BCUT2D eigenvalue weighted by atomic mass is 9.71. The minimum atomic E-state index is -1.15. The average Bonchev–Trinajstić information content (AvgIpc) is 3.19. The van der Waals surface area contributed by atoms with E-state index in [1.54, 1.807) is 0 Å². The third-order valence-corrected chi connectivity index (χ3v) is 6.81. The molecule has 31 heavy (non-hydrogen) atoms. The third kappa shape index (κ3) is 6.22. The highest BCUT2D eigenvalue weighted by Crippen LogP contribution is 2.40. The van der Waals surface area contributed by atoms with Gasteiger partial charge < -0.3 is 15.7 Å². The van der Waals surface area contributed by atoms with Gasteiger partial charge in [0.1, 0.15) is 6.04 Å². The molecule has 172 valence electrons. The summed E-state index contributed by atoms with van der Waals surface area (Å²) >= 11 is 0. The molecular weight excluding hydrogens is 390 g/mol. The van der Waals surface area contributed by atoms with Crippen molar-refractivity contribution in [1.82, 2.24) is 15.5 Å². The molecule has 6 heteroatoms. The second-order valence-electron chi connectivity index (χ2n) is 11.4. The average molecular weight is 430 g/mol. The number of benzene rings is 1. The van der Waals surface area contributed by atoms with Gasteiger partial charge in [-0.15, -0.1) is 0 Å². The van der Waals surface area contributed by atoms with E-state index >= 15 is 0 Å². The van der Waals surface area contributed by atoms with Crippen LogP contribution in [-0.2, 0) is 11.3 Å². The summed E-state index contributed by atoms with van der Waals surface area (Å²) in [7, 11) is 0. The van der Waals surface area contributed by atoms with Crippen molar-refractivity contribution in [2.45, 2.75) is 72.5 Å². The lowest BCUT2D eigenvalue weighted by Gasteiger charge is -2.38. The molecule has 0 bridgehead atoms. The number of fused-ring (bicyclic) bond motifs is 1. The summed E-state index contributed by atoms with van der Waals surface area (Å²) < 4.78 is 0. The quantitative estimate of drug-likeness (QED) is 0.609. The molecule has 6 nitrogen and oxygen atoms in total. The number of nitrogens with zero attached hydrogens (tertiary/aromatic N) is 1. The molecule has 2 fully saturated rings. The second kappa shape index (κ2) is 9.19. The highest BCUT2D eigenvalue weighted by molar-refractivity contribution is 5.86. The highest BCUT2D eigenvalue weighted by atomic mass is 16.4. The van der Waals surface area contributed by atoms with E-state index in [-0.39, 0.29) is 17.4 Å². The Balaban J connectivity index is 1.64. The fourth-order valence-corrected chi connectivity index (χ4v) is 5.98. The Morgan fingerprint density at radius 3 is 2.39 bits per heavy atom. The van der Waals surface area contributed by atoms with Gasteiger partial charge in [0.2, 0.25) is 5.91 Å². The molecule has 1 saturated heterocycles. The zero-order valence-electron chi connectivity index (χ0n) is 19.6. The van der Waals surface area contributed by atoms with Crippen LogP contribution in [0.2, 0.25) is 0 Å². The molecule has 4 atom stereocenters. The number of carboxylic acid groups (broad SMARTS) is 1. The molecule has 1 aliphatic heterocycles. The first-order chi connectivity index (χ1) is 14.4. The van der Waals surface area contributed by atoms with Crippen molar-refractivity contribution in [3.05, 3.63) is 35.9 Å². The zero-order valence-corrected chi connectivity index (χ0v) is 19.6. The van der Waals surface area contributed by atoms with Gasteiger partial charge in [0.25, 0.3) is 0 Å². The number of rotatable bonds is 7.